The largest absolute Gasteiger partial charge is 0.306 e. The predicted molar refractivity (Wildman–Crippen MR) is 451 cm³/mol. The van der Waals surface area contributed by atoms with Gasteiger partial charge in [-0.1, -0.05) is 352 Å². The van der Waals surface area contributed by atoms with Crippen LogP contribution in [-0.2, 0) is 9.59 Å². The molecule has 2 aromatic heterocycles. The summed E-state index contributed by atoms with van der Waals surface area (Å²) < 4.78 is 0. The molecule has 0 radical (unpaired) electrons. The second-order valence-electron chi connectivity index (χ2n) is 30.7. The number of carbonyl (C=O) groups excluding carboxylic acids is 2. The Bertz CT molecular complexity index is 4740. The van der Waals surface area contributed by atoms with Gasteiger partial charge in [0.2, 0.25) is 0 Å². The molecule has 4 heterocycles. The average molecular weight is 1410 g/mol. The lowest BCUT2D eigenvalue weighted by molar-refractivity contribution is -0.124. The van der Waals surface area contributed by atoms with E-state index in [9.17, 15) is 0 Å². The van der Waals surface area contributed by atoms with Crippen LogP contribution >= 0.6 is 22.7 Å². The number of nitrogens with zero attached hydrogens (tertiary/aromatic N) is 2. The maximum Gasteiger partial charge on any atom is 0.261 e. The van der Waals surface area contributed by atoms with Crippen molar-refractivity contribution in [1.82, 2.24) is 9.80 Å². The maximum absolute atomic E-state index is 16.6. The zero-order valence-electron chi connectivity index (χ0n) is 62.7. The Balaban J connectivity index is 0.861. The predicted octanol–water partition coefficient (Wildman–Crippen LogP) is 28.3. The Morgan fingerprint density at radius 1 is 0.288 bits per heavy atom. The first-order valence-electron chi connectivity index (χ1n) is 40.9. The number of unbranched alkanes of at least 4 members (excludes halogenated alkanes) is 24. The molecule has 4 nitrogen and oxygen atoms in total. The molecule has 2 amide bonds. The molecular formula is C98H108N2O2S2. The standard InChI is InChI=1S/C98H108N2O2S2/c1-5-9-13-17-21-23-27-31-41-69(39-29-25-19-15-11-7-3)67-99-95(87-65-61-75(103-87)59-55-71-57-63-85-81-51-35-45-73-43-33-49-79(89(73)81)83-53-37-47-77(71)91(83)85)93-94(97(99)101)96(100(98(93)102)68-70(40-30-26-20-16-12-8-4)42-32-28-24-22-18-14-10-6-2)88-66-62-76(104-88)60-56-72-58-64-86-82-52-36-46-74-44-34-50-80(90(74)82)84-54-38-48-78(72)92(84)86/h33-38,43-54,57-58,61-66,69-70H,5-32,39-42,67-68H2,1-4H3. The van der Waals surface area contributed by atoms with E-state index in [1.165, 1.54) is 230 Å². The van der Waals surface area contributed by atoms with E-state index >= 15 is 9.59 Å². The number of thiophene rings is 2. The van der Waals surface area contributed by atoms with E-state index in [0.717, 1.165) is 104 Å². The van der Waals surface area contributed by atoms with Crippen LogP contribution in [0.2, 0.25) is 0 Å². The van der Waals surface area contributed by atoms with Gasteiger partial charge in [-0.3, -0.25) is 9.59 Å². The van der Waals surface area contributed by atoms with E-state index in [4.69, 9.17) is 0 Å². The molecule has 2 aliphatic heterocycles. The van der Waals surface area contributed by atoms with E-state index in [1.54, 1.807) is 22.7 Å². The highest BCUT2D eigenvalue weighted by molar-refractivity contribution is 7.14. The number of benzene rings is 10. The van der Waals surface area contributed by atoms with Crippen LogP contribution in [-0.4, -0.2) is 34.7 Å². The molecule has 0 bridgehead atoms. The fraction of sp³-hybridized carbons (Fsp3) is 0.408. The molecule has 0 fully saturated rings. The molecule has 14 rings (SSSR count). The monoisotopic (exact) mass is 1410 g/mol. The number of carbonyl (C=O) groups is 2. The lowest BCUT2D eigenvalue weighted by atomic mass is 9.88. The van der Waals surface area contributed by atoms with E-state index in [0.29, 0.717) is 36.1 Å². The Kier molecular flexibility index (Phi) is 24.6. The van der Waals surface area contributed by atoms with Gasteiger partial charge in [0, 0.05) is 24.2 Å². The number of rotatable bonds is 38. The summed E-state index contributed by atoms with van der Waals surface area (Å²) >= 11 is 3.28. The van der Waals surface area contributed by atoms with Crippen LogP contribution in [0.3, 0.4) is 0 Å². The minimum absolute atomic E-state index is 0.0236. The molecular weight excluding hydrogens is 1300 g/mol. The zero-order valence-corrected chi connectivity index (χ0v) is 64.4. The summed E-state index contributed by atoms with van der Waals surface area (Å²) in [4.78, 5) is 41.1. The summed E-state index contributed by atoms with van der Waals surface area (Å²) in [5, 5.41) is 20.0. The normalized spacial score (nSPS) is 14.0. The number of hydrogen-bond donors (Lipinski definition) is 0. The molecule has 534 valence electrons. The van der Waals surface area contributed by atoms with Gasteiger partial charge in [0.15, 0.2) is 0 Å². The van der Waals surface area contributed by atoms with Gasteiger partial charge < -0.3 is 9.80 Å². The highest BCUT2D eigenvalue weighted by Gasteiger charge is 2.50. The molecule has 6 heteroatoms. The van der Waals surface area contributed by atoms with Crippen molar-refractivity contribution in [2.45, 2.75) is 233 Å². The molecule has 0 saturated carbocycles. The van der Waals surface area contributed by atoms with E-state index < -0.39 is 0 Å². The van der Waals surface area contributed by atoms with Crippen molar-refractivity contribution < 1.29 is 9.59 Å². The van der Waals surface area contributed by atoms with Gasteiger partial charge in [-0.05, 0) is 160 Å². The molecule has 0 saturated heterocycles. The van der Waals surface area contributed by atoms with Gasteiger partial charge in [-0.15, -0.1) is 22.7 Å². The van der Waals surface area contributed by atoms with Crippen LogP contribution < -0.4 is 0 Å². The first-order valence-corrected chi connectivity index (χ1v) is 42.5. The lowest BCUT2D eigenvalue weighted by Gasteiger charge is -2.29. The molecule has 12 aromatic rings. The van der Waals surface area contributed by atoms with Gasteiger partial charge in [0.1, 0.15) is 0 Å². The maximum atomic E-state index is 16.6. The second kappa shape index (κ2) is 35.2. The van der Waals surface area contributed by atoms with E-state index in [-0.39, 0.29) is 11.8 Å². The zero-order chi connectivity index (χ0) is 71.1. The van der Waals surface area contributed by atoms with Gasteiger partial charge >= 0.3 is 0 Å². The number of amides is 2. The Morgan fingerprint density at radius 3 is 0.894 bits per heavy atom. The fourth-order valence-electron chi connectivity index (χ4n) is 17.8. The smallest absolute Gasteiger partial charge is 0.261 e. The van der Waals surface area contributed by atoms with Crippen LogP contribution in [0.25, 0.3) is 97.6 Å². The molecule has 2 unspecified atom stereocenters. The average Bonchev–Trinajstić information content (AvgIpc) is 1.57. The minimum atomic E-state index is -0.0236. The van der Waals surface area contributed by atoms with Crippen molar-refractivity contribution in [3.63, 3.8) is 0 Å². The first-order chi connectivity index (χ1) is 51.3. The third-order valence-corrected chi connectivity index (χ3v) is 25.3. The van der Waals surface area contributed by atoms with Gasteiger partial charge in [0.25, 0.3) is 11.8 Å². The molecule has 0 N–H and O–H groups in total. The second-order valence-corrected chi connectivity index (χ2v) is 32.8. The molecule has 2 aliphatic rings. The van der Waals surface area contributed by atoms with E-state index in [1.807, 2.05) is 0 Å². The summed E-state index contributed by atoms with van der Waals surface area (Å²) in [6.45, 7) is 10.4. The molecule has 10 aromatic carbocycles. The minimum Gasteiger partial charge on any atom is -0.306 e. The van der Waals surface area contributed by atoms with Crippen LogP contribution in [0.5, 0.6) is 0 Å². The van der Waals surface area contributed by atoms with Crippen molar-refractivity contribution in [3.8, 4) is 23.7 Å². The first kappa shape index (κ1) is 72.7. The van der Waals surface area contributed by atoms with Crippen LogP contribution in [0, 0.1) is 35.5 Å². The third kappa shape index (κ3) is 15.8. The highest BCUT2D eigenvalue weighted by Crippen LogP contribution is 2.51. The number of fused-ring (bicyclic) bond motifs is 5. The van der Waals surface area contributed by atoms with Crippen molar-refractivity contribution >= 4 is 132 Å². The van der Waals surface area contributed by atoms with Gasteiger partial charge in [-0.2, -0.15) is 0 Å². The highest BCUT2D eigenvalue weighted by atomic mass is 32.1. The fourth-order valence-corrected chi connectivity index (χ4v) is 19.7. The summed E-state index contributed by atoms with van der Waals surface area (Å²) in [5.41, 5.74) is 4.74. The SMILES string of the molecule is CCCCCCCCCCC(CCCCCCCC)CN1C(=O)C2=C(c3ccc(C#Cc4ccc5c6cccc7cccc(c8cccc4c85)c76)s3)N(CC(CCCCCCCC)CCCCCCCCCC)C(=O)C2=C1c1ccc(C#Cc2ccc3c4cccc5cccc(c6cccc2c63)c54)s1. The molecule has 104 heavy (non-hydrogen) atoms. The van der Waals surface area contributed by atoms with Crippen molar-refractivity contribution in [1.29, 1.82) is 0 Å². The van der Waals surface area contributed by atoms with Gasteiger partial charge in [0.05, 0.1) is 42.0 Å². The summed E-state index contributed by atoms with van der Waals surface area (Å²) in [5.74, 6) is 15.3. The number of hydrogen-bond acceptors (Lipinski definition) is 4. The Hall–Kier alpha value is -8.26. The molecule has 0 spiro atoms. The molecule has 2 atom stereocenters. The Morgan fingerprint density at radius 2 is 0.567 bits per heavy atom. The topological polar surface area (TPSA) is 40.6 Å². The van der Waals surface area contributed by atoms with Crippen LogP contribution in [0.1, 0.15) is 264 Å². The van der Waals surface area contributed by atoms with Gasteiger partial charge in [-0.25, -0.2) is 0 Å². The third-order valence-electron chi connectivity index (χ3n) is 23.3. The van der Waals surface area contributed by atoms with Crippen molar-refractivity contribution in [2.75, 3.05) is 13.1 Å². The van der Waals surface area contributed by atoms with E-state index in [2.05, 4.69) is 219 Å². The Labute approximate surface area is 628 Å². The summed E-state index contributed by atoms with van der Waals surface area (Å²) in [6, 6.07) is 57.7. The van der Waals surface area contributed by atoms with Crippen LogP contribution in [0.4, 0.5) is 0 Å². The quantitative estimate of drug-likeness (QED) is 0.0167. The van der Waals surface area contributed by atoms with Crippen LogP contribution in [0.15, 0.2) is 169 Å². The summed E-state index contributed by atoms with van der Waals surface area (Å²) in [6.07, 6.45) is 39.4. The summed E-state index contributed by atoms with van der Waals surface area (Å²) in [7, 11) is 0. The molecule has 0 aliphatic carbocycles. The van der Waals surface area contributed by atoms with Crippen molar-refractivity contribution in [3.05, 3.63) is 200 Å². The lowest BCUT2D eigenvalue weighted by Crippen LogP contribution is -2.34. The van der Waals surface area contributed by atoms with Crippen molar-refractivity contribution in [2.24, 2.45) is 11.8 Å².